The SMILES string of the molecule is Cn1ccnc1[C@H](Nc1ncnc2ccc(F)cc12)C1CCOCC1. The van der Waals surface area contributed by atoms with Crippen LogP contribution in [0.25, 0.3) is 10.9 Å². The van der Waals surface area contributed by atoms with Crippen LogP contribution < -0.4 is 5.32 Å². The summed E-state index contributed by atoms with van der Waals surface area (Å²) in [7, 11) is 1.98. The Hall–Kier alpha value is -2.54. The largest absolute Gasteiger partial charge is 0.381 e. The number of benzene rings is 1. The molecule has 4 rings (SSSR count). The highest BCUT2D eigenvalue weighted by Gasteiger charge is 2.29. The number of imidazole rings is 1. The summed E-state index contributed by atoms with van der Waals surface area (Å²) in [5, 5.41) is 4.18. The Morgan fingerprint density at radius 3 is 2.84 bits per heavy atom. The molecule has 0 amide bonds. The van der Waals surface area contributed by atoms with Gasteiger partial charge in [0.05, 0.1) is 11.6 Å². The van der Waals surface area contributed by atoms with Crippen molar-refractivity contribution < 1.29 is 9.13 Å². The second-order valence-electron chi connectivity index (χ2n) is 6.35. The molecule has 7 heteroatoms. The molecule has 0 radical (unpaired) electrons. The lowest BCUT2D eigenvalue weighted by molar-refractivity contribution is 0.0594. The molecular weight excluding hydrogens is 321 g/mol. The third-order valence-corrected chi connectivity index (χ3v) is 4.76. The van der Waals surface area contributed by atoms with Crippen LogP contribution >= 0.6 is 0 Å². The Bertz CT molecular complexity index is 875. The number of aromatic nitrogens is 4. The van der Waals surface area contributed by atoms with Gasteiger partial charge in [-0.05, 0) is 37.0 Å². The number of fused-ring (bicyclic) bond motifs is 1. The Morgan fingerprint density at radius 1 is 1.24 bits per heavy atom. The van der Waals surface area contributed by atoms with Crippen molar-refractivity contribution in [1.82, 2.24) is 19.5 Å². The van der Waals surface area contributed by atoms with E-state index in [9.17, 15) is 4.39 Å². The molecule has 1 aromatic carbocycles. The highest BCUT2D eigenvalue weighted by Crippen LogP contribution is 2.33. The molecule has 2 aromatic heterocycles. The van der Waals surface area contributed by atoms with Crippen LogP contribution in [-0.2, 0) is 11.8 Å². The summed E-state index contributed by atoms with van der Waals surface area (Å²) in [4.78, 5) is 13.1. The average molecular weight is 341 g/mol. The number of anilines is 1. The Balaban J connectivity index is 1.74. The lowest BCUT2D eigenvalue weighted by Gasteiger charge is -2.31. The Morgan fingerprint density at radius 2 is 2.08 bits per heavy atom. The lowest BCUT2D eigenvalue weighted by Crippen LogP contribution is -2.29. The zero-order chi connectivity index (χ0) is 17.2. The van der Waals surface area contributed by atoms with E-state index < -0.39 is 0 Å². The molecule has 0 spiro atoms. The average Bonchev–Trinajstić information content (AvgIpc) is 3.06. The van der Waals surface area contributed by atoms with Crippen LogP contribution in [0.15, 0.2) is 36.9 Å². The zero-order valence-corrected chi connectivity index (χ0v) is 14.0. The van der Waals surface area contributed by atoms with Crippen molar-refractivity contribution in [3.63, 3.8) is 0 Å². The van der Waals surface area contributed by atoms with Gasteiger partial charge in [-0.2, -0.15) is 0 Å². The van der Waals surface area contributed by atoms with Crippen LogP contribution in [0.2, 0.25) is 0 Å². The first-order valence-electron chi connectivity index (χ1n) is 8.44. The monoisotopic (exact) mass is 341 g/mol. The first kappa shape index (κ1) is 16.0. The predicted molar refractivity (Wildman–Crippen MR) is 92.6 cm³/mol. The standard InChI is InChI=1S/C18H20FN5O/c1-24-7-6-20-18(24)16(12-4-8-25-9-5-12)23-17-14-10-13(19)2-3-15(14)21-11-22-17/h2-3,6-7,10-12,16H,4-5,8-9H2,1H3,(H,21,22,23)/t16-/m1/s1. The fourth-order valence-electron chi connectivity index (χ4n) is 3.41. The molecule has 1 atom stereocenters. The molecule has 0 bridgehead atoms. The van der Waals surface area contributed by atoms with Gasteiger partial charge in [-0.3, -0.25) is 0 Å². The third kappa shape index (κ3) is 3.19. The molecule has 1 aliphatic heterocycles. The molecule has 1 N–H and O–H groups in total. The summed E-state index contributed by atoms with van der Waals surface area (Å²) in [6.45, 7) is 1.48. The van der Waals surface area contributed by atoms with E-state index in [0.717, 1.165) is 31.9 Å². The van der Waals surface area contributed by atoms with Crippen LogP contribution in [0.4, 0.5) is 10.2 Å². The molecule has 130 valence electrons. The summed E-state index contributed by atoms with van der Waals surface area (Å²) in [6.07, 6.45) is 7.12. The van der Waals surface area contributed by atoms with Crippen molar-refractivity contribution in [2.45, 2.75) is 18.9 Å². The summed E-state index contributed by atoms with van der Waals surface area (Å²) >= 11 is 0. The van der Waals surface area contributed by atoms with E-state index in [1.807, 2.05) is 17.8 Å². The normalized spacial score (nSPS) is 16.9. The second-order valence-corrected chi connectivity index (χ2v) is 6.35. The lowest BCUT2D eigenvalue weighted by atomic mass is 9.91. The fourth-order valence-corrected chi connectivity index (χ4v) is 3.41. The number of hydrogen-bond donors (Lipinski definition) is 1. The number of hydrogen-bond acceptors (Lipinski definition) is 5. The van der Waals surface area contributed by atoms with E-state index in [2.05, 4.69) is 20.3 Å². The smallest absolute Gasteiger partial charge is 0.137 e. The molecule has 6 nitrogen and oxygen atoms in total. The van der Waals surface area contributed by atoms with Crippen molar-refractivity contribution >= 4 is 16.7 Å². The minimum Gasteiger partial charge on any atom is -0.381 e. The van der Waals surface area contributed by atoms with Crippen LogP contribution in [0.1, 0.15) is 24.7 Å². The first-order chi connectivity index (χ1) is 12.2. The number of ether oxygens (including phenoxy) is 1. The zero-order valence-electron chi connectivity index (χ0n) is 14.0. The van der Waals surface area contributed by atoms with Crippen molar-refractivity contribution in [2.75, 3.05) is 18.5 Å². The fraction of sp³-hybridized carbons (Fsp3) is 0.389. The highest BCUT2D eigenvalue weighted by molar-refractivity contribution is 5.88. The van der Waals surface area contributed by atoms with Gasteiger partial charge in [0.25, 0.3) is 0 Å². The summed E-state index contributed by atoms with van der Waals surface area (Å²) in [5.74, 6) is 1.64. The van der Waals surface area contributed by atoms with Gasteiger partial charge in [-0.15, -0.1) is 0 Å². The van der Waals surface area contributed by atoms with Gasteiger partial charge in [-0.1, -0.05) is 0 Å². The van der Waals surface area contributed by atoms with Crippen molar-refractivity contribution in [3.05, 3.63) is 48.6 Å². The van der Waals surface area contributed by atoms with Crippen molar-refractivity contribution in [1.29, 1.82) is 0 Å². The van der Waals surface area contributed by atoms with Crippen LogP contribution in [0.5, 0.6) is 0 Å². The molecule has 25 heavy (non-hydrogen) atoms. The van der Waals surface area contributed by atoms with E-state index in [4.69, 9.17) is 4.74 Å². The molecule has 0 saturated carbocycles. The topological polar surface area (TPSA) is 64.9 Å². The van der Waals surface area contributed by atoms with E-state index in [1.165, 1.54) is 18.5 Å². The maximum atomic E-state index is 13.7. The van der Waals surface area contributed by atoms with Gasteiger partial charge in [0.15, 0.2) is 0 Å². The Labute approximate surface area is 145 Å². The predicted octanol–water partition coefficient (Wildman–Crippen LogP) is 3.08. The van der Waals surface area contributed by atoms with E-state index in [0.29, 0.717) is 22.6 Å². The van der Waals surface area contributed by atoms with Crippen molar-refractivity contribution in [3.8, 4) is 0 Å². The Kier molecular flexibility index (Phi) is 4.31. The molecule has 0 aliphatic carbocycles. The van der Waals surface area contributed by atoms with Crippen LogP contribution in [0.3, 0.4) is 0 Å². The van der Waals surface area contributed by atoms with Gasteiger partial charge in [0, 0.05) is 38.0 Å². The number of rotatable bonds is 4. The van der Waals surface area contributed by atoms with Crippen molar-refractivity contribution in [2.24, 2.45) is 13.0 Å². The van der Waals surface area contributed by atoms with Gasteiger partial charge in [0.1, 0.15) is 23.8 Å². The van der Waals surface area contributed by atoms with Crippen LogP contribution in [-0.4, -0.2) is 32.7 Å². The maximum absolute atomic E-state index is 13.7. The molecule has 1 fully saturated rings. The molecule has 1 aliphatic rings. The maximum Gasteiger partial charge on any atom is 0.137 e. The minimum atomic E-state index is -0.301. The van der Waals surface area contributed by atoms with Gasteiger partial charge in [-0.25, -0.2) is 19.3 Å². The molecular formula is C18H20FN5O. The van der Waals surface area contributed by atoms with Crippen LogP contribution in [0, 0.1) is 11.7 Å². The summed E-state index contributed by atoms with van der Waals surface area (Å²) in [5.41, 5.74) is 0.712. The summed E-state index contributed by atoms with van der Waals surface area (Å²) < 4.78 is 21.2. The van der Waals surface area contributed by atoms with Gasteiger partial charge in [0.2, 0.25) is 0 Å². The molecule has 3 aromatic rings. The van der Waals surface area contributed by atoms with Gasteiger partial charge >= 0.3 is 0 Å². The molecule has 3 heterocycles. The van der Waals surface area contributed by atoms with E-state index >= 15 is 0 Å². The number of aryl methyl sites for hydroxylation is 1. The number of nitrogens with zero attached hydrogens (tertiary/aromatic N) is 4. The molecule has 1 saturated heterocycles. The number of halogens is 1. The van der Waals surface area contributed by atoms with E-state index in [-0.39, 0.29) is 11.9 Å². The second kappa shape index (κ2) is 6.76. The molecule has 0 unspecified atom stereocenters. The van der Waals surface area contributed by atoms with Gasteiger partial charge < -0.3 is 14.6 Å². The number of nitrogens with one attached hydrogen (secondary N) is 1. The summed E-state index contributed by atoms with van der Waals surface area (Å²) in [6, 6.07) is 4.53. The quantitative estimate of drug-likeness (QED) is 0.790. The minimum absolute atomic E-state index is 0.0229. The highest BCUT2D eigenvalue weighted by atomic mass is 19.1. The third-order valence-electron chi connectivity index (χ3n) is 4.76. The van der Waals surface area contributed by atoms with E-state index in [1.54, 1.807) is 12.3 Å². The first-order valence-corrected chi connectivity index (χ1v) is 8.44.